The molecule has 5 nitrogen and oxygen atoms in total. The zero-order valence-corrected chi connectivity index (χ0v) is 17.5. The molecule has 2 aromatic rings. The molecule has 158 valence electrons. The molecule has 2 aliphatic rings. The second kappa shape index (κ2) is 9.14. The van der Waals surface area contributed by atoms with Crippen LogP contribution in [0.4, 0.5) is 4.39 Å². The van der Waals surface area contributed by atoms with Gasteiger partial charge in [0.05, 0.1) is 12.5 Å². The Kier molecular flexibility index (Phi) is 6.35. The highest BCUT2D eigenvalue weighted by Gasteiger charge is 2.37. The predicted molar refractivity (Wildman–Crippen MR) is 114 cm³/mol. The quantitative estimate of drug-likeness (QED) is 0.750. The summed E-state index contributed by atoms with van der Waals surface area (Å²) in [5, 5.41) is 0.625. The minimum Gasteiger partial charge on any atom is -0.341 e. The van der Waals surface area contributed by atoms with E-state index < -0.39 is 0 Å². The molecule has 0 saturated carbocycles. The monoisotopic (exact) mass is 429 g/mol. The fourth-order valence-electron chi connectivity index (χ4n) is 4.24. The average molecular weight is 430 g/mol. The van der Waals surface area contributed by atoms with E-state index >= 15 is 0 Å². The maximum Gasteiger partial charge on any atom is 0.240 e. The number of nitrogens with zero attached hydrogens (tertiary/aromatic N) is 3. The van der Waals surface area contributed by atoms with Gasteiger partial charge in [0.2, 0.25) is 11.8 Å². The topological polar surface area (TPSA) is 43.9 Å². The molecule has 0 bridgehead atoms. The Balaban J connectivity index is 1.37. The van der Waals surface area contributed by atoms with Crippen LogP contribution in [0.15, 0.2) is 48.5 Å². The van der Waals surface area contributed by atoms with E-state index in [1.807, 2.05) is 28.0 Å². The summed E-state index contributed by atoms with van der Waals surface area (Å²) in [5.74, 6) is -0.122. The molecule has 0 radical (unpaired) electrons. The van der Waals surface area contributed by atoms with Crippen molar-refractivity contribution >= 4 is 23.4 Å². The minimum atomic E-state index is -0.277. The van der Waals surface area contributed by atoms with Crippen molar-refractivity contribution in [3.8, 4) is 0 Å². The Morgan fingerprint density at radius 3 is 2.53 bits per heavy atom. The smallest absolute Gasteiger partial charge is 0.240 e. The van der Waals surface area contributed by atoms with Crippen LogP contribution < -0.4 is 0 Å². The molecular formula is C23H25ClFN3O2. The van der Waals surface area contributed by atoms with E-state index in [1.54, 1.807) is 18.2 Å². The highest BCUT2D eigenvalue weighted by atomic mass is 35.5. The summed E-state index contributed by atoms with van der Waals surface area (Å²) in [6.45, 7) is 3.80. The fourth-order valence-corrected chi connectivity index (χ4v) is 4.46. The normalized spacial score (nSPS) is 20.1. The zero-order valence-electron chi connectivity index (χ0n) is 16.8. The summed E-state index contributed by atoms with van der Waals surface area (Å²) < 4.78 is 13.1. The van der Waals surface area contributed by atoms with Gasteiger partial charge in [0.1, 0.15) is 5.82 Å². The van der Waals surface area contributed by atoms with E-state index in [9.17, 15) is 14.0 Å². The molecule has 2 heterocycles. The van der Waals surface area contributed by atoms with Gasteiger partial charge in [-0.05, 0) is 41.8 Å². The summed E-state index contributed by atoms with van der Waals surface area (Å²) in [4.78, 5) is 31.8. The van der Waals surface area contributed by atoms with Crippen molar-refractivity contribution in [3.63, 3.8) is 0 Å². The molecule has 0 aliphatic carbocycles. The molecule has 0 N–H and O–H groups in total. The summed E-state index contributed by atoms with van der Waals surface area (Å²) >= 11 is 6.03. The highest BCUT2D eigenvalue weighted by molar-refractivity contribution is 6.30. The minimum absolute atomic E-state index is 0.0627. The summed E-state index contributed by atoms with van der Waals surface area (Å²) in [5.41, 5.74) is 1.82. The number of rotatable bonds is 4. The van der Waals surface area contributed by atoms with Gasteiger partial charge in [-0.15, -0.1) is 0 Å². The van der Waals surface area contributed by atoms with E-state index in [1.165, 1.54) is 12.1 Å². The fraction of sp³-hybridized carbons (Fsp3) is 0.391. The Hall–Kier alpha value is -2.44. The second-order valence-electron chi connectivity index (χ2n) is 7.91. The van der Waals surface area contributed by atoms with E-state index in [2.05, 4.69) is 4.90 Å². The number of carbonyl (C=O) groups is 2. The zero-order chi connectivity index (χ0) is 21.1. The number of carbonyl (C=O) groups excluding carboxylic acids is 2. The molecule has 2 aliphatic heterocycles. The standard InChI is InChI=1S/C23H25ClFN3O2/c24-19-3-1-2-18(14-19)15-22(29)27-9-8-21-23(30)28(13-11-26(21)10-12-27)16-17-4-6-20(25)7-5-17/h1-7,14,21H,8-13,15-16H2. The van der Waals surface area contributed by atoms with Gasteiger partial charge < -0.3 is 9.80 Å². The maximum absolute atomic E-state index is 13.1. The largest absolute Gasteiger partial charge is 0.341 e. The number of piperazine rings is 1. The van der Waals surface area contributed by atoms with E-state index in [0.717, 1.165) is 17.7 Å². The Morgan fingerprint density at radius 1 is 1.00 bits per heavy atom. The molecule has 2 amide bonds. The van der Waals surface area contributed by atoms with Crippen LogP contribution in [0.5, 0.6) is 0 Å². The molecule has 1 atom stereocenters. The van der Waals surface area contributed by atoms with E-state index in [0.29, 0.717) is 50.6 Å². The van der Waals surface area contributed by atoms with Gasteiger partial charge in [0, 0.05) is 44.3 Å². The van der Waals surface area contributed by atoms with Gasteiger partial charge in [-0.25, -0.2) is 4.39 Å². The van der Waals surface area contributed by atoms with Crippen LogP contribution in [0.3, 0.4) is 0 Å². The van der Waals surface area contributed by atoms with Gasteiger partial charge in [-0.2, -0.15) is 0 Å². The van der Waals surface area contributed by atoms with Crippen molar-refractivity contribution in [2.75, 3.05) is 32.7 Å². The van der Waals surface area contributed by atoms with Crippen LogP contribution in [0.1, 0.15) is 17.5 Å². The Morgan fingerprint density at radius 2 is 1.77 bits per heavy atom. The predicted octanol–water partition coefficient (Wildman–Crippen LogP) is 2.97. The van der Waals surface area contributed by atoms with Crippen LogP contribution >= 0.6 is 11.6 Å². The molecule has 2 aromatic carbocycles. The third-order valence-corrected chi connectivity index (χ3v) is 6.14. The molecule has 4 rings (SSSR count). The molecule has 2 saturated heterocycles. The van der Waals surface area contributed by atoms with Gasteiger partial charge in [-0.1, -0.05) is 35.9 Å². The number of halogens is 2. The first kappa shape index (κ1) is 20.8. The molecule has 0 spiro atoms. The first-order valence-electron chi connectivity index (χ1n) is 10.3. The Labute approximate surface area is 181 Å². The van der Waals surface area contributed by atoms with Crippen molar-refractivity contribution in [2.45, 2.75) is 25.4 Å². The lowest BCUT2D eigenvalue weighted by molar-refractivity contribution is -0.142. The lowest BCUT2D eigenvalue weighted by atomic mass is 10.1. The Bertz CT molecular complexity index is 921. The molecule has 7 heteroatoms. The number of hydrogen-bond donors (Lipinski definition) is 0. The molecule has 1 unspecified atom stereocenters. The van der Waals surface area contributed by atoms with Crippen molar-refractivity contribution in [3.05, 3.63) is 70.5 Å². The lowest BCUT2D eigenvalue weighted by Gasteiger charge is -2.39. The third-order valence-electron chi connectivity index (χ3n) is 5.91. The van der Waals surface area contributed by atoms with Crippen LogP contribution in [-0.4, -0.2) is 65.3 Å². The lowest BCUT2D eigenvalue weighted by Crippen LogP contribution is -2.56. The second-order valence-corrected chi connectivity index (χ2v) is 8.35. The van der Waals surface area contributed by atoms with Crippen LogP contribution in [0, 0.1) is 5.82 Å². The van der Waals surface area contributed by atoms with Crippen LogP contribution in [-0.2, 0) is 22.6 Å². The van der Waals surface area contributed by atoms with Gasteiger partial charge in [0.15, 0.2) is 0 Å². The van der Waals surface area contributed by atoms with Crippen LogP contribution in [0.25, 0.3) is 0 Å². The number of benzene rings is 2. The summed E-state index contributed by atoms with van der Waals surface area (Å²) in [6.07, 6.45) is 0.940. The van der Waals surface area contributed by atoms with Crippen molar-refractivity contribution in [2.24, 2.45) is 0 Å². The van der Waals surface area contributed by atoms with Gasteiger partial charge in [0.25, 0.3) is 0 Å². The number of amides is 2. The van der Waals surface area contributed by atoms with Gasteiger partial charge in [-0.3, -0.25) is 14.5 Å². The first-order chi connectivity index (χ1) is 14.5. The molecule has 0 aromatic heterocycles. The SMILES string of the molecule is O=C(Cc1cccc(Cl)c1)N1CCC2C(=O)N(Cc3ccc(F)cc3)CCN2CC1. The summed E-state index contributed by atoms with van der Waals surface area (Å²) in [6, 6.07) is 13.4. The van der Waals surface area contributed by atoms with Gasteiger partial charge >= 0.3 is 0 Å². The first-order valence-corrected chi connectivity index (χ1v) is 10.7. The molecule has 30 heavy (non-hydrogen) atoms. The van der Waals surface area contributed by atoms with Crippen LogP contribution in [0.2, 0.25) is 5.02 Å². The summed E-state index contributed by atoms with van der Waals surface area (Å²) in [7, 11) is 0. The third kappa shape index (κ3) is 4.82. The van der Waals surface area contributed by atoms with Crippen molar-refractivity contribution in [1.82, 2.24) is 14.7 Å². The molecular weight excluding hydrogens is 405 g/mol. The number of fused-ring (bicyclic) bond motifs is 1. The van der Waals surface area contributed by atoms with E-state index in [-0.39, 0.29) is 23.7 Å². The van der Waals surface area contributed by atoms with Crippen molar-refractivity contribution in [1.29, 1.82) is 0 Å². The number of hydrogen-bond acceptors (Lipinski definition) is 3. The van der Waals surface area contributed by atoms with E-state index in [4.69, 9.17) is 11.6 Å². The average Bonchev–Trinajstić information content (AvgIpc) is 2.95. The maximum atomic E-state index is 13.1. The highest BCUT2D eigenvalue weighted by Crippen LogP contribution is 2.21. The molecule has 2 fully saturated rings. The van der Waals surface area contributed by atoms with Crippen molar-refractivity contribution < 1.29 is 14.0 Å².